The molecule has 0 amide bonds. The standard InChI is InChI=1S/C19H17N6O/c1-9-13(26-4)6-5-12-15(9)25-16-14(11(7-20)18(25)21)10(2)22-19-17(16)24(12)8-23(19)3/h5-6,8H,21H2,1-4H3/q+1. The molecule has 2 N–H and O–H groups in total. The molecule has 7 nitrogen and oxygen atoms in total. The maximum absolute atomic E-state index is 9.75. The van der Waals surface area contributed by atoms with Gasteiger partial charge in [0.15, 0.2) is 6.33 Å². The molecule has 0 aliphatic carbocycles. The average Bonchev–Trinajstić information content (AvgIpc) is 3.10. The summed E-state index contributed by atoms with van der Waals surface area (Å²) in [7, 11) is 3.63. The lowest BCUT2D eigenvalue weighted by Gasteiger charge is -2.12. The molecule has 0 fully saturated rings. The second kappa shape index (κ2) is 4.55. The SMILES string of the molecule is COc1ccc2c(c1C)n1c(N)c(C#N)c3c(C)nc4c(c31)n2c[n+]4C. The molecular formula is C19H17N6O+. The highest BCUT2D eigenvalue weighted by molar-refractivity contribution is 6.10. The number of nitrogen functional groups attached to an aromatic ring is 1. The molecule has 26 heavy (non-hydrogen) atoms. The summed E-state index contributed by atoms with van der Waals surface area (Å²) >= 11 is 0. The molecule has 0 aliphatic heterocycles. The number of aryl methyl sites for hydroxylation is 3. The lowest BCUT2D eigenvalue weighted by Crippen LogP contribution is -2.26. The van der Waals surface area contributed by atoms with Crippen LogP contribution in [0.2, 0.25) is 0 Å². The Morgan fingerprint density at radius 3 is 2.69 bits per heavy atom. The number of nitriles is 1. The van der Waals surface area contributed by atoms with Gasteiger partial charge in [0.25, 0.3) is 0 Å². The highest BCUT2D eigenvalue weighted by Gasteiger charge is 2.30. The van der Waals surface area contributed by atoms with Gasteiger partial charge in [-0.05, 0) is 26.0 Å². The van der Waals surface area contributed by atoms with E-state index in [0.29, 0.717) is 11.4 Å². The summed E-state index contributed by atoms with van der Waals surface area (Å²) < 4.78 is 11.6. The maximum atomic E-state index is 9.75. The van der Waals surface area contributed by atoms with E-state index in [0.717, 1.165) is 50.1 Å². The van der Waals surface area contributed by atoms with Crippen LogP contribution in [0.4, 0.5) is 5.82 Å². The molecule has 0 bridgehead atoms. The Bertz CT molecular complexity index is 1420. The molecule has 4 heterocycles. The zero-order valence-corrected chi connectivity index (χ0v) is 15.0. The monoisotopic (exact) mass is 345 g/mol. The van der Waals surface area contributed by atoms with Gasteiger partial charge in [-0.15, -0.1) is 4.98 Å². The van der Waals surface area contributed by atoms with Crippen molar-refractivity contribution in [3.05, 3.63) is 35.3 Å². The molecule has 0 radical (unpaired) electrons. The van der Waals surface area contributed by atoms with Gasteiger partial charge in [-0.25, -0.2) is 8.97 Å². The summed E-state index contributed by atoms with van der Waals surface area (Å²) in [5.41, 5.74) is 13.4. The van der Waals surface area contributed by atoms with Crippen LogP contribution in [0.5, 0.6) is 5.75 Å². The smallest absolute Gasteiger partial charge is 0.304 e. The van der Waals surface area contributed by atoms with Crippen molar-refractivity contribution >= 4 is 38.9 Å². The second-order valence-electron chi connectivity index (χ2n) is 6.66. The number of benzene rings is 1. The first-order valence-electron chi connectivity index (χ1n) is 8.29. The second-order valence-corrected chi connectivity index (χ2v) is 6.66. The number of nitrogens with two attached hydrogens (primary N) is 1. The third-order valence-electron chi connectivity index (χ3n) is 5.32. The number of ether oxygens (including phenoxy) is 1. The Morgan fingerprint density at radius 2 is 2.00 bits per heavy atom. The first kappa shape index (κ1) is 14.8. The van der Waals surface area contributed by atoms with Crippen LogP contribution in [-0.4, -0.2) is 20.9 Å². The van der Waals surface area contributed by atoms with Crippen molar-refractivity contribution in [2.24, 2.45) is 7.05 Å². The van der Waals surface area contributed by atoms with Crippen molar-refractivity contribution in [3.63, 3.8) is 0 Å². The molecule has 0 unspecified atom stereocenters. The van der Waals surface area contributed by atoms with Crippen LogP contribution in [0.1, 0.15) is 16.8 Å². The summed E-state index contributed by atoms with van der Waals surface area (Å²) in [6.45, 7) is 3.93. The molecule has 5 aromatic rings. The number of hydrogen-bond donors (Lipinski definition) is 1. The summed E-state index contributed by atoms with van der Waals surface area (Å²) in [6.07, 6.45) is 2.01. The fourth-order valence-electron chi connectivity index (χ4n) is 4.19. The predicted octanol–water partition coefficient (Wildman–Crippen LogP) is 2.24. The number of nitrogens with zero attached hydrogens (tertiary/aromatic N) is 5. The normalized spacial score (nSPS) is 12.0. The molecule has 0 saturated carbocycles. The van der Waals surface area contributed by atoms with E-state index >= 15 is 0 Å². The van der Waals surface area contributed by atoms with Gasteiger partial charge in [0.05, 0.1) is 25.1 Å². The van der Waals surface area contributed by atoms with E-state index in [1.54, 1.807) is 7.11 Å². The Hall–Kier alpha value is -3.53. The van der Waals surface area contributed by atoms with E-state index in [-0.39, 0.29) is 0 Å². The van der Waals surface area contributed by atoms with Crippen molar-refractivity contribution < 1.29 is 9.30 Å². The third-order valence-corrected chi connectivity index (χ3v) is 5.32. The number of pyridine rings is 1. The van der Waals surface area contributed by atoms with Gasteiger partial charge < -0.3 is 10.5 Å². The van der Waals surface area contributed by atoms with Gasteiger partial charge in [-0.3, -0.25) is 4.40 Å². The summed E-state index contributed by atoms with van der Waals surface area (Å²) in [5.74, 6) is 1.22. The molecule has 0 atom stereocenters. The van der Waals surface area contributed by atoms with Gasteiger partial charge >= 0.3 is 5.65 Å². The van der Waals surface area contributed by atoms with Crippen molar-refractivity contribution in [1.29, 1.82) is 5.26 Å². The lowest BCUT2D eigenvalue weighted by atomic mass is 10.1. The van der Waals surface area contributed by atoms with E-state index in [9.17, 15) is 5.26 Å². The number of imidazole rings is 1. The number of aromatic nitrogens is 4. The Morgan fingerprint density at radius 1 is 1.23 bits per heavy atom. The Labute approximate surface area is 148 Å². The van der Waals surface area contributed by atoms with Crippen LogP contribution in [0.25, 0.3) is 33.1 Å². The van der Waals surface area contributed by atoms with Gasteiger partial charge in [0.1, 0.15) is 39.9 Å². The molecular weight excluding hydrogens is 328 g/mol. The van der Waals surface area contributed by atoms with E-state index in [1.807, 2.05) is 48.3 Å². The predicted molar refractivity (Wildman–Crippen MR) is 98.7 cm³/mol. The topological polar surface area (TPSA) is 84.6 Å². The van der Waals surface area contributed by atoms with Crippen LogP contribution in [-0.2, 0) is 7.05 Å². The quantitative estimate of drug-likeness (QED) is 0.373. The van der Waals surface area contributed by atoms with Crippen LogP contribution in [0.15, 0.2) is 18.5 Å². The number of rotatable bonds is 1. The van der Waals surface area contributed by atoms with Gasteiger partial charge in [-0.2, -0.15) is 5.26 Å². The minimum absolute atomic E-state index is 0.438. The van der Waals surface area contributed by atoms with Crippen molar-refractivity contribution in [1.82, 2.24) is 13.8 Å². The third kappa shape index (κ3) is 1.44. The van der Waals surface area contributed by atoms with Gasteiger partial charge in [-0.1, -0.05) is 0 Å². The van der Waals surface area contributed by atoms with Crippen LogP contribution in [0.3, 0.4) is 0 Å². The molecule has 0 spiro atoms. The number of hydrogen-bond acceptors (Lipinski definition) is 4. The van der Waals surface area contributed by atoms with Crippen LogP contribution < -0.4 is 15.0 Å². The first-order chi connectivity index (χ1) is 12.5. The average molecular weight is 345 g/mol. The highest BCUT2D eigenvalue weighted by atomic mass is 16.5. The largest absolute Gasteiger partial charge is 0.496 e. The van der Waals surface area contributed by atoms with Crippen LogP contribution >= 0.6 is 0 Å². The Kier molecular flexibility index (Phi) is 2.59. The number of methoxy groups -OCH3 is 1. The fourth-order valence-corrected chi connectivity index (χ4v) is 4.19. The molecule has 0 aliphatic rings. The molecule has 1 aromatic carbocycles. The van der Waals surface area contributed by atoms with Crippen molar-refractivity contribution in [3.8, 4) is 11.8 Å². The van der Waals surface area contributed by atoms with E-state index in [4.69, 9.17) is 15.5 Å². The summed E-state index contributed by atoms with van der Waals surface area (Å²) in [6, 6.07) is 6.24. The van der Waals surface area contributed by atoms with E-state index in [1.165, 1.54) is 0 Å². The van der Waals surface area contributed by atoms with E-state index < -0.39 is 0 Å². The zero-order chi connectivity index (χ0) is 18.3. The van der Waals surface area contributed by atoms with Gasteiger partial charge in [0, 0.05) is 5.56 Å². The lowest BCUT2D eigenvalue weighted by molar-refractivity contribution is -0.647. The summed E-state index contributed by atoms with van der Waals surface area (Å²) in [5, 5.41) is 10.6. The first-order valence-corrected chi connectivity index (χ1v) is 8.29. The minimum atomic E-state index is 0.438. The van der Waals surface area contributed by atoms with Crippen LogP contribution in [0, 0.1) is 25.2 Å². The van der Waals surface area contributed by atoms with E-state index in [2.05, 4.69) is 10.5 Å². The molecule has 5 rings (SSSR count). The van der Waals surface area contributed by atoms with Gasteiger partial charge in [0.2, 0.25) is 5.52 Å². The Balaban J connectivity index is 2.28. The molecule has 4 aromatic heterocycles. The number of anilines is 1. The maximum Gasteiger partial charge on any atom is 0.304 e. The number of fused-ring (bicyclic) bond motifs is 3. The summed E-state index contributed by atoms with van der Waals surface area (Å²) in [4.78, 5) is 4.75. The molecule has 128 valence electrons. The highest BCUT2D eigenvalue weighted by Crippen LogP contribution is 2.39. The molecule has 7 heteroatoms. The fraction of sp³-hybridized carbons (Fsp3) is 0.211. The van der Waals surface area contributed by atoms with Crippen molar-refractivity contribution in [2.45, 2.75) is 13.8 Å². The minimum Gasteiger partial charge on any atom is -0.496 e. The zero-order valence-electron chi connectivity index (χ0n) is 15.0. The molecule has 0 saturated heterocycles. The van der Waals surface area contributed by atoms with Crippen molar-refractivity contribution in [2.75, 3.05) is 12.8 Å².